The molecule has 4 rings (SSSR count). The Hall–Kier alpha value is -2.85. The minimum atomic E-state index is -0.306. The summed E-state index contributed by atoms with van der Waals surface area (Å²) in [4.78, 5) is 13.0. The van der Waals surface area contributed by atoms with Gasteiger partial charge in [0.25, 0.3) is 0 Å². The van der Waals surface area contributed by atoms with Gasteiger partial charge in [0.1, 0.15) is 11.6 Å². The molecule has 0 aromatic heterocycles. The Morgan fingerprint density at radius 1 is 0.800 bits per heavy atom. The fraction of sp³-hybridized carbons (Fsp3) is 0.269. The van der Waals surface area contributed by atoms with Crippen molar-refractivity contribution in [1.82, 2.24) is 0 Å². The second-order valence-electron chi connectivity index (χ2n) is 8.21. The molecule has 0 saturated heterocycles. The first-order valence-corrected chi connectivity index (χ1v) is 10.4. The van der Waals surface area contributed by atoms with Crippen LogP contribution in [-0.4, -0.2) is 11.8 Å². The van der Waals surface area contributed by atoms with Crippen LogP contribution in [0, 0.1) is 17.6 Å². The van der Waals surface area contributed by atoms with Gasteiger partial charge >= 0.3 is 0 Å². The smallest absolute Gasteiger partial charge is 0.162 e. The highest BCUT2D eigenvalue weighted by Gasteiger charge is 2.22. The van der Waals surface area contributed by atoms with Crippen LogP contribution in [-0.2, 0) is 0 Å². The molecule has 2 atom stereocenters. The van der Waals surface area contributed by atoms with Crippen molar-refractivity contribution >= 4 is 5.78 Å². The summed E-state index contributed by atoms with van der Waals surface area (Å²) in [5, 5.41) is 0. The zero-order valence-electron chi connectivity index (χ0n) is 16.8. The van der Waals surface area contributed by atoms with Crippen molar-refractivity contribution in [3.8, 4) is 22.3 Å². The number of ketones is 1. The first-order chi connectivity index (χ1) is 14.5. The topological polar surface area (TPSA) is 43.1 Å². The molecule has 1 aliphatic carbocycles. The lowest BCUT2D eigenvalue weighted by Crippen LogP contribution is -2.15. The maximum absolute atomic E-state index is 13.4. The SMILES string of the molecule is N[C@@H]1CC[C@H](CCC(=O)c2cc(-c3ccc(F)cc3)cc(-c3ccc(F)cc3)c2)C1. The summed E-state index contributed by atoms with van der Waals surface area (Å²) < 4.78 is 26.7. The number of halogens is 2. The first-order valence-electron chi connectivity index (χ1n) is 10.4. The Morgan fingerprint density at radius 3 is 1.80 bits per heavy atom. The van der Waals surface area contributed by atoms with Crippen LogP contribution < -0.4 is 5.73 Å². The Bertz CT molecular complexity index is 964. The molecule has 1 saturated carbocycles. The third-order valence-corrected chi connectivity index (χ3v) is 5.97. The molecule has 0 radical (unpaired) electrons. The highest BCUT2D eigenvalue weighted by atomic mass is 19.1. The van der Waals surface area contributed by atoms with Gasteiger partial charge < -0.3 is 5.73 Å². The van der Waals surface area contributed by atoms with Crippen molar-refractivity contribution in [3.05, 3.63) is 83.9 Å². The standard InChI is InChI=1S/C26H25F2NO/c27-23-7-3-18(4-8-23)20-14-21(19-5-9-24(28)10-6-19)16-22(15-20)26(30)12-2-17-1-11-25(29)13-17/h3-10,14-17,25H,1-2,11-13,29H2/t17-,25-/m1/s1. The maximum Gasteiger partial charge on any atom is 0.162 e. The predicted octanol–water partition coefficient (Wildman–Crippen LogP) is 6.39. The average Bonchev–Trinajstić information content (AvgIpc) is 3.18. The predicted molar refractivity (Wildman–Crippen MR) is 116 cm³/mol. The lowest BCUT2D eigenvalue weighted by Gasteiger charge is -2.12. The number of benzene rings is 3. The number of Topliss-reactive ketones (excluding diaryl/α,β-unsaturated/α-hetero) is 1. The molecule has 0 unspecified atom stereocenters. The van der Waals surface area contributed by atoms with E-state index in [0.29, 0.717) is 17.9 Å². The summed E-state index contributed by atoms with van der Waals surface area (Å²) in [5.74, 6) is -0.0115. The maximum atomic E-state index is 13.4. The normalized spacial score (nSPS) is 18.5. The number of carbonyl (C=O) groups is 1. The van der Waals surface area contributed by atoms with Crippen LogP contribution >= 0.6 is 0 Å². The number of rotatable bonds is 6. The zero-order valence-corrected chi connectivity index (χ0v) is 16.8. The van der Waals surface area contributed by atoms with E-state index in [2.05, 4.69) is 0 Å². The van der Waals surface area contributed by atoms with Crippen LogP contribution in [0.25, 0.3) is 22.3 Å². The van der Waals surface area contributed by atoms with Gasteiger partial charge in [0.2, 0.25) is 0 Å². The molecule has 4 heteroatoms. The van der Waals surface area contributed by atoms with E-state index in [1.54, 1.807) is 24.3 Å². The highest BCUT2D eigenvalue weighted by Crippen LogP contribution is 2.31. The van der Waals surface area contributed by atoms with Gasteiger partial charge in [-0.1, -0.05) is 24.3 Å². The summed E-state index contributed by atoms with van der Waals surface area (Å²) in [6.45, 7) is 0. The van der Waals surface area contributed by atoms with Gasteiger partial charge in [-0.05, 0) is 96.3 Å². The Labute approximate surface area is 175 Å². The lowest BCUT2D eigenvalue weighted by molar-refractivity contribution is 0.0974. The van der Waals surface area contributed by atoms with Crippen molar-refractivity contribution in [2.75, 3.05) is 0 Å². The minimum absolute atomic E-state index is 0.0859. The van der Waals surface area contributed by atoms with E-state index in [1.165, 1.54) is 24.3 Å². The van der Waals surface area contributed by atoms with Crippen LogP contribution in [0.3, 0.4) is 0 Å². The van der Waals surface area contributed by atoms with E-state index in [4.69, 9.17) is 5.73 Å². The first kappa shape index (κ1) is 20.4. The lowest BCUT2D eigenvalue weighted by atomic mass is 9.92. The summed E-state index contributed by atoms with van der Waals surface area (Å²) in [5.41, 5.74) is 9.95. The second kappa shape index (κ2) is 8.88. The Morgan fingerprint density at radius 2 is 1.33 bits per heavy atom. The quantitative estimate of drug-likeness (QED) is 0.483. The van der Waals surface area contributed by atoms with Crippen molar-refractivity contribution in [2.24, 2.45) is 11.7 Å². The van der Waals surface area contributed by atoms with E-state index in [0.717, 1.165) is 47.9 Å². The van der Waals surface area contributed by atoms with E-state index in [9.17, 15) is 13.6 Å². The molecular weight excluding hydrogens is 380 g/mol. The molecule has 3 aromatic rings. The van der Waals surface area contributed by atoms with E-state index in [-0.39, 0.29) is 23.5 Å². The molecule has 0 amide bonds. The number of hydrogen-bond acceptors (Lipinski definition) is 2. The summed E-state index contributed by atoms with van der Waals surface area (Å²) in [6.07, 6.45) is 4.44. The molecule has 1 fully saturated rings. The van der Waals surface area contributed by atoms with Crippen molar-refractivity contribution in [1.29, 1.82) is 0 Å². The monoisotopic (exact) mass is 405 g/mol. The van der Waals surface area contributed by atoms with Crippen LogP contribution in [0.15, 0.2) is 66.7 Å². The van der Waals surface area contributed by atoms with Gasteiger partial charge in [-0.25, -0.2) is 8.78 Å². The Balaban J connectivity index is 1.65. The molecule has 2 nitrogen and oxygen atoms in total. The molecule has 3 aromatic carbocycles. The zero-order chi connectivity index (χ0) is 21.1. The van der Waals surface area contributed by atoms with Crippen LogP contribution in [0.5, 0.6) is 0 Å². The number of carbonyl (C=O) groups excluding carboxylic acids is 1. The van der Waals surface area contributed by atoms with Gasteiger partial charge in [-0.3, -0.25) is 4.79 Å². The third kappa shape index (κ3) is 4.82. The minimum Gasteiger partial charge on any atom is -0.328 e. The van der Waals surface area contributed by atoms with Gasteiger partial charge in [0, 0.05) is 18.0 Å². The molecule has 0 heterocycles. The van der Waals surface area contributed by atoms with Gasteiger partial charge in [-0.2, -0.15) is 0 Å². The second-order valence-corrected chi connectivity index (χ2v) is 8.21. The largest absolute Gasteiger partial charge is 0.328 e. The fourth-order valence-corrected chi connectivity index (χ4v) is 4.26. The number of hydrogen-bond donors (Lipinski definition) is 1. The van der Waals surface area contributed by atoms with Crippen molar-refractivity contribution in [3.63, 3.8) is 0 Å². The number of nitrogens with two attached hydrogens (primary N) is 1. The molecule has 0 bridgehead atoms. The van der Waals surface area contributed by atoms with E-state index >= 15 is 0 Å². The summed E-state index contributed by atoms with van der Waals surface area (Å²) in [6, 6.07) is 18.4. The Kier molecular flexibility index (Phi) is 6.05. The van der Waals surface area contributed by atoms with Gasteiger partial charge in [-0.15, -0.1) is 0 Å². The van der Waals surface area contributed by atoms with Crippen LogP contribution in [0.1, 0.15) is 42.5 Å². The molecule has 0 aliphatic heterocycles. The van der Waals surface area contributed by atoms with Gasteiger partial charge in [0.15, 0.2) is 5.78 Å². The molecule has 154 valence electrons. The molecular formula is C26H25F2NO. The molecule has 0 spiro atoms. The van der Waals surface area contributed by atoms with E-state index in [1.807, 2.05) is 18.2 Å². The highest BCUT2D eigenvalue weighted by molar-refractivity contribution is 5.98. The summed E-state index contributed by atoms with van der Waals surface area (Å²) >= 11 is 0. The molecule has 1 aliphatic rings. The van der Waals surface area contributed by atoms with Crippen molar-refractivity contribution in [2.45, 2.75) is 38.1 Å². The van der Waals surface area contributed by atoms with E-state index < -0.39 is 0 Å². The van der Waals surface area contributed by atoms with Gasteiger partial charge in [0.05, 0.1) is 0 Å². The van der Waals surface area contributed by atoms with Crippen molar-refractivity contribution < 1.29 is 13.6 Å². The fourth-order valence-electron chi connectivity index (χ4n) is 4.26. The average molecular weight is 405 g/mol. The molecule has 2 N–H and O–H groups in total. The molecule has 30 heavy (non-hydrogen) atoms. The van der Waals surface area contributed by atoms with Crippen LogP contribution in [0.4, 0.5) is 8.78 Å². The third-order valence-electron chi connectivity index (χ3n) is 5.97. The summed E-state index contributed by atoms with van der Waals surface area (Å²) in [7, 11) is 0. The van der Waals surface area contributed by atoms with Crippen LogP contribution in [0.2, 0.25) is 0 Å².